The van der Waals surface area contributed by atoms with E-state index in [9.17, 15) is 5.02 Å². The minimum atomic E-state index is 0.466. The summed E-state index contributed by atoms with van der Waals surface area (Å²) in [5.41, 5.74) is 7.56. The first-order valence-corrected chi connectivity index (χ1v) is 10.4. The highest BCUT2D eigenvalue weighted by Crippen LogP contribution is 2.62. The number of hydrogen-bond donors (Lipinski definition) is 3. The van der Waals surface area contributed by atoms with Gasteiger partial charge in [0, 0.05) is 35.8 Å². The fourth-order valence-corrected chi connectivity index (χ4v) is 6.75. The van der Waals surface area contributed by atoms with Gasteiger partial charge >= 0.3 is 7.48 Å². The van der Waals surface area contributed by atoms with Gasteiger partial charge < -0.3 is 15.4 Å². The van der Waals surface area contributed by atoms with Crippen molar-refractivity contribution in [1.82, 2.24) is 15.4 Å². The number of rotatable bonds is 5. The zero-order valence-corrected chi connectivity index (χ0v) is 16.2. The van der Waals surface area contributed by atoms with Gasteiger partial charge in [-0.1, -0.05) is 6.92 Å². The SMILES string of the molecule is CCN/N=C(\c1c([B]O)cnc2[nH]ccc12)C1C2CC3CC1CC(C)(C3)C2. The van der Waals surface area contributed by atoms with Crippen LogP contribution in [0.2, 0.25) is 0 Å². The highest BCUT2D eigenvalue weighted by molar-refractivity contribution is 6.49. The summed E-state index contributed by atoms with van der Waals surface area (Å²) in [5, 5.41) is 15.9. The van der Waals surface area contributed by atoms with E-state index in [1.807, 2.05) is 6.20 Å². The minimum Gasteiger partial charge on any atom is -0.450 e. The summed E-state index contributed by atoms with van der Waals surface area (Å²) in [5.74, 6) is 2.77. The third-order valence-corrected chi connectivity index (χ3v) is 7.26. The monoisotopic (exact) mass is 363 g/mol. The lowest BCUT2D eigenvalue weighted by Crippen LogP contribution is -2.53. The average Bonchev–Trinajstić information content (AvgIpc) is 3.10. The first-order valence-electron chi connectivity index (χ1n) is 10.4. The van der Waals surface area contributed by atoms with Crippen LogP contribution in [0.4, 0.5) is 0 Å². The molecule has 0 aromatic carbocycles. The molecule has 5 nitrogen and oxygen atoms in total. The molecule has 141 valence electrons. The van der Waals surface area contributed by atoms with E-state index in [2.05, 4.69) is 35.3 Å². The van der Waals surface area contributed by atoms with Gasteiger partial charge in [0.05, 0.1) is 5.71 Å². The molecular weight excluding hydrogens is 335 g/mol. The first-order chi connectivity index (χ1) is 13.1. The Bertz CT molecular complexity index is 875. The number of hydrazone groups is 1. The molecule has 6 rings (SSSR count). The van der Waals surface area contributed by atoms with Crippen LogP contribution in [0.5, 0.6) is 0 Å². The van der Waals surface area contributed by atoms with E-state index in [1.165, 1.54) is 39.6 Å². The maximum Gasteiger partial charge on any atom is 0.329 e. The summed E-state index contributed by atoms with van der Waals surface area (Å²) in [4.78, 5) is 7.67. The average molecular weight is 363 g/mol. The number of H-pyrrole nitrogens is 1. The molecule has 2 heterocycles. The zero-order valence-electron chi connectivity index (χ0n) is 16.2. The van der Waals surface area contributed by atoms with Gasteiger partial charge in [-0.25, -0.2) is 4.98 Å². The summed E-state index contributed by atoms with van der Waals surface area (Å²) in [7, 11) is 1.19. The molecule has 2 aromatic rings. The van der Waals surface area contributed by atoms with Crippen LogP contribution in [0.15, 0.2) is 23.6 Å². The Morgan fingerprint density at radius 1 is 1.37 bits per heavy atom. The molecule has 3 N–H and O–H groups in total. The topological polar surface area (TPSA) is 73.3 Å². The van der Waals surface area contributed by atoms with Gasteiger partial charge in [0.25, 0.3) is 0 Å². The highest BCUT2D eigenvalue weighted by atomic mass is 16.2. The molecule has 4 aliphatic carbocycles. The van der Waals surface area contributed by atoms with Crippen LogP contribution in [-0.2, 0) is 0 Å². The molecule has 2 unspecified atom stereocenters. The second-order valence-electron chi connectivity index (χ2n) is 9.27. The number of pyridine rings is 1. The Kier molecular flexibility index (Phi) is 4.08. The third-order valence-electron chi connectivity index (χ3n) is 7.26. The molecule has 0 spiro atoms. The van der Waals surface area contributed by atoms with E-state index in [0.29, 0.717) is 23.2 Å². The molecule has 4 fully saturated rings. The van der Waals surface area contributed by atoms with Crippen LogP contribution < -0.4 is 10.9 Å². The normalized spacial score (nSPS) is 35.0. The standard InChI is InChI=1S/C21H28BN4O/c1-3-25-26-19(18-15-4-5-23-20(15)24-11-16(18)22-27)17-13-6-12-7-14(17)10-21(2,8-12)9-13/h4-5,11-14,17,25,27H,3,6-10H2,1-2H3,(H,23,24)/b26-19-. The van der Waals surface area contributed by atoms with Crippen molar-refractivity contribution in [1.29, 1.82) is 0 Å². The number of hydrogen-bond acceptors (Lipinski definition) is 4. The molecule has 4 aliphatic rings. The van der Waals surface area contributed by atoms with Gasteiger partial charge in [0.1, 0.15) is 5.65 Å². The predicted octanol–water partition coefficient (Wildman–Crippen LogP) is 2.58. The van der Waals surface area contributed by atoms with Gasteiger partial charge in [-0.05, 0) is 73.7 Å². The van der Waals surface area contributed by atoms with Crippen LogP contribution in [0.1, 0.15) is 51.5 Å². The fourth-order valence-electron chi connectivity index (χ4n) is 6.75. The number of nitrogens with zero attached hydrogens (tertiary/aromatic N) is 2. The van der Waals surface area contributed by atoms with Gasteiger partial charge in [-0.3, -0.25) is 0 Å². The van der Waals surface area contributed by atoms with Crippen LogP contribution in [-0.4, -0.2) is 34.7 Å². The van der Waals surface area contributed by atoms with Gasteiger partial charge in [-0.15, -0.1) is 0 Å². The smallest absolute Gasteiger partial charge is 0.329 e. The second-order valence-corrected chi connectivity index (χ2v) is 9.27. The zero-order chi connectivity index (χ0) is 18.6. The maximum atomic E-state index is 9.93. The summed E-state index contributed by atoms with van der Waals surface area (Å²) < 4.78 is 0. The lowest BCUT2D eigenvalue weighted by atomic mass is 9.45. The van der Waals surface area contributed by atoms with Crippen LogP contribution >= 0.6 is 0 Å². The van der Waals surface area contributed by atoms with Gasteiger partial charge in [0.15, 0.2) is 0 Å². The minimum absolute atomic E-state index is 0.466. The van der Waals surface area contributed by atoms with Crippen molar-refractivity contribution < 1.29 is 5.02 Å². The Morgan fingerprint density at radius 2 is 2.15 bits per heavy atom. The van der Waals surface area contributed by atoms with Crippen molar-refractivity contribution in [2.75, 3.05) is 6.54 Å². The van der Waals surface area contributed by atoms with E-state index in [4.69, 9.17) is 5.10 Å². The van der Waals surface area contributed by atoms with Crippen molar-refractivity contribution in [2.45, 2.75) is 46.0 Å². The van der Waals surface area contributed by atoms with Crippen molar-refractivity contribution in [2.24, 2.45) is 34.2 Å². The lowest BCUT2D eigenvalue weighted by Gasteiger charge is -2.59. The second kappa shape index (κ2) is 6.37. The Balaban J connectivity index is 1.64. The van der Waals surface area contributed by atoms with Crippen molar-refractivity contribution >= 4 is 29.7 Å². The molecule has 2 aromatic heterocycles. The lowest BCUT2D eigenvalue weighted by molar-refractivity contribution is -0.0635. The van der Waals surface area contributed by atoms with E-state index >= 15 is 0 Å². The molecule has 4 bridgehead atoms. The van der Waals surface area contributed by atoms with Crippen molar-refractivity contribution in [3.63, 3.8) is 0 Å². The summed E-state index contributed by atoms with van der Waals surface area (Å²) in [6.45, 7) is 5.38. The van der Waals surface area contributed by atoms with E-state index in [1.54, 1.807) is 6.20 Å². The van der Waals surface area contributed by atoms with Crippen LogP contribution in [0.25, 0.3) is 11.0 Å². The molecule has 0 saturated heterocycles. The summed E-state index contributed by atoms with van der Waals surface area (Å²) >= 11 is 0. The Hall–Kier alpha value is -1.82. The van der Waals surface area contributed by atoms with E-state index in [-0.39, 0.29) is 0 Å². The van der Waals surface area contributed by atoms with Crippen molar-refractivity contribution in [3.05, 3.63) is 24.0 Å². The number of nitrogens with one attached hydrogen (secondary N) is 2. The van der Waals surface area contributed by atoms with Crippen molar-refractivity contribution in [3.8, 4) is 0 Å². The third kappa shape index (κ3) is 2.72. The largest absolute Gasteiger partial charge is 0.450 e. The highest BCUT2D eigenvalue weighted by Gasteiger charge is 2.54. The molecule has 1 radical (unpaired) electrons. The molecule has 27 heavy (non-hydrogen) atoms. The molecule has 2 atom stereocenters. The number of aromatic amines is 1. The maximum absolute atomic E-state index is 9.93. The van der Waals surface area contributed by atoms with E-state index in [0.717, 1.165) is 40.2 Å². The van der Waals surface area contributed by atoms with Crippen LogP contribution in [0.3, 0.4) is 0 Å². The summed E-state index contributed by atoms with van der Waals surface area (Å²) in [6, 6.07) is 2.06. The Labute approximate surface area is 161 Å². The predicted molar refractivity (Wildman–Crippen MR) is 109 cm³/mol. The summed E-state index contributed by atoms with van der Waals surface area (Å²) in [6.07, 6.45) is 10.4. The fraction of sp³-hybridized carbons (Fsp3) is 0.619. The number of aromatic nitrogens is 2. The Morgan fingerprint density at radius 3 is 2.81 bits per heavy atom. The van der Waals surface area contributed by atoms with Gasteiger partial charge in [-0.2, -0.15) is 5.10 Å². The van der Waals surface area contributed by atoms with Gasteiger partial charge in [0.2, 0.25) is 0 Å². The quantitative estimate of drug-likeness (QED) is 0.434. The first kappa shape index (κ1) is 17.3. The molecular formula is C21H28BN4O. The molecule has 6 heteroatoms. The van der Waals surface area contributed by atoms with Crippen LogP contribution in [0, 0.1) is 29.1 Å². The molecule has 0 amide bonds. The number of fused-ring (bicyclic) bond motifs is 1. The molecule has 0 aliphatic heterocycles. The van der Waals surface area contributed by atoms with E-state index < -0.39 is 0 Å². The molecule has 4 saturated carbocycles.